The van der Waals surface area contributed by atoms with E-state index in [0.29, 0.717) is 17.6 Å². The number of halogens is 2. The molecule has 102 valence electrons. The fourth-order valence-electron chi connectivity index (χ4n) is 2.55. The molecule has 0 aliphatic carbocycles. The predicted molar refractivity (Wildman–Crippen MR) is 66.3 cm³/mol. The van der Waals surface area contributed by atoms with Gasteiger partial charge in [0.2, 0.25) is 0 Å². The van der Waals surface area contributed by atoms with Gasteiger partial charge in [0.1, 0.15) is 0 Å². The Morgan fingerprint density at radius 1 is 1.42 bits per heavy atom. The minimum atomic E-state index is -2.89. The van der Waals surface area contributed by atoms with Crippen LogP contribution in [-0.4, -0.2) is 18.1 Å². The average molecular weight is 268 g/mol. The Balaban J connectivity index is 1.90. The Morgan fingerprint density at radius 3 is 3.00 bits per heavy atom. The Kier molecular flexibility index (Phi) is 2.89. The number of hydrogen-bond acceptors (Lipinski definition) is 3. The van der Waals surface area contributed by atoms with Crippen LogP contribution in [0.15, 0.2) is 27.4 Å². The van der Waals surface area contributed by atoms with Crippen LogP contribution in [0.25, 0.3) is 11.1 Å². The van der Waals surface area contributed by atoms with Crippen LogP contribution in [0.2, 0.25) is 0 Å². The number of fused-ring (bicyclic) bond motifs is 1. The number of nitrogens with one attached hydrogen (secondary N) is 2. The Labute approximate surface area is 107 Å². The molecule has 1 fully saturated rings. The Hall–Kier alpha value is -1.69. The molecule has 3 rings (SSSR count). The molecule has 1 aliphatic rings. The highest BCUT2D eigenvalue weighted by molar-refractivity contribution is 5.73. The molecular formula is C13H14F2N2O2. The summed E-state index contributed by atoms with van der Waals surface area (Å²) in [4.78, 5) is 13.4. The summed E-state index contributed by atoms with van der Waals surface area (Å²) in [5.74, 6) is -3.52. The highest BCUT2D eigenvalue weighted by atomic mass is 19.3. The maximum Gasteiger partial charge on any atom is 0.417 e. The van der Waals surface area contributed by atoms with Crippen LogP contribution in [0, 0.1) is 5.92 Å². The standard InChI is InChI=1S/C13H14F2N2O2/c14-13(15,6-8-3-4-16-7-8)9-1-2-11-10(5-9)17-12(18)19-11/h1-2,5,8,16H,3-4,6-7H2,(H,17,18). The summed E-state index contributed by atoms with van der Waals surface area (Å²) in [5.41, 5.74) is 0.530. The van der Waals surface area contributed by atoms with Gasteiger partial charge in [-0.1, -0.05) is 0 Å². The molecule has 0 saturated carbocycles. The van der Waals surface area contributed by atoms with Gasteiger partial charge in [-0.15, -0.1) is 0 Å². The first-order chi connectivity index (χ1) is 9.04. The molecular weight excluding hydrogens is 254 g/mol. The van der Waals surface area contributed by atoms with Gasteiger partial charge in [-0.3, -0.25) is 4.98 Å². The molecule has 1 saturated heterocycles. The molecule has 1 aliphatic heterocycles. The summed E-state index contributed by atoms with van der Waals surface area (Å²) < 4.78 is 33.2. The molecule has 2 N–H and O–H groups in total. The fourth-order valence-corrected chi connectivity index (χ4v) is 2.55. The van der Waals surface area contributed by atoms with Gasteiger partial charge in [0.15, 0.2) is 5.58 Å². The summed E-state index contributed by atoms with van der Waals surface area (Å²) in [7, 11) is 0. The van der Waals surface area contributed by atoms with Crippen LogP contribution in [0.4, 0.5) is 8.78 Å². The maximum absolute atomic E-state index is 14.2. The van der Waals surface area contributed by atoms with E-state index in [-0.39, 0.29) is 17.9 Å². The van der Waals surface area contributed by atoms with Crippen molar-refractivity contribution in [2.45, 2.75) is 18.8 Å². The van der Waals surface area contributed by atoms with Gasteiger partial charge >= 0.3 is 5.76 Å². The van der Waals surface area contributed by atoms with Crippen molar-refractivity contribution in [2.24, 2.45) is 5.92 Å². The summed E-state index contributed by atoms with van der Waals surface area (Å²) >= 11 is 0. The number of H-pyrrole nitrogens is 1. The first kappa shape index (κ1) is 12.3. The van der Waals surface area contributed by atoms with Crippen LogP contribution in [0.3, 0.4) is 0 Å². The largest absolute Gasteiger partial charge is 0.417 e. The van der Waals surface area contributed by atoms with Gasteiger partial charge in [0.25, 0.3) is 5.92 Å². The van der Waals surface area contributed by atoms with E-state index in [1.807, 2.05) is 0 Å². The molecule has 1 unspecified atom stereocenters. The Morgan fingerprint density at radius 2 is 2.26 bits per heavy atom. The number of aromatic amines is 1. The SMILES string of the molecule is O=c1[nH]c2cc(C(F)(F)CC3CCNC3)ccc2o1. The zero-order valence-corrected chi connectivity index (χ0v) is 10.2. The summed E-state index contributed by atoms with van der Waals surface area (Å²) in [6.45, 7) is 1.44. The van der Waals surface area contributed by atoms with E-state index in [4.69, 9.17) is 4.42 Å². The lowest BCUT2D eigenvalue weighted by molar-refractivity contribution is -0.0267. The zero-order chi connectivity index (χ0) is 13.5. The lowest BCUT2D eigenvalue weighted by atomic mass is 9.95. The molecule has 19 heavy (non-hydrogen) atoms. The number of hydrogen-bond donors (Lipinski definition) is 2. The van der Waals surface area contributed by atoms with Crippen molar-refractivity contribution in [1.29, 1.82) is 0 Å². The van der Waals surface area contributed by atoms with Gasteiger partial charge in [-0.25, -0.2) is 13.6 Å². The maximum atomic E-state index is 14.2. The molecule has 0 amide bonds. The first-order valence-electron chi connectivity index (χ1n) is 6.26. The van der Waals surface area contributed by atoms with E-state index in [0.717, 1.165) is 13.0 Å². The van der Waals surface area contributed by atoms with Crippen molar-refractivity contribution in [1.82, 2.24) is 10.3 Å². The summed E-state index contributed by atoms with van der Waals surface area (Å²) in [6, 6.07) is 4.02. The lowest BCUT2D eigenvalue weighted by Gasteiger charge is -2.20. The van der Waals surface area contributed by atoms with Crippen molar-refractivity contribution in [3.63, 3.8) is 0 Å². The van der Waals surface area contributed by atoms with Crippen molar-refractivity contribution in [2.75, 3.05) is 13.1 Å². The number of rotatable bonds is 3. The van der Waals surface area contributed by atoms with Gasteiger partial charge in [-0.2, -0.15) is 0 Å². The average Bonchev–Trinajstić information content (AvgIpc) is 2.95. The van der Waals surface area contributed by atoms with Gasteiger partial charge < -0.3 is 9.73 Å². The highest BCUT2D eigenvalue weighted by Crippen LogP contribution is 2.37. The second kappa shape index (κ2) is 4.45. The quantitative estimate of drug-likeness (QED) is 0.897. The van der Waals surface area contributed by atoms with Crippen molar-refractivity contribution >= 4 is 11.1 Å². The molecule has 2 heterocycles. The monoisotopic (exact) mass is 268 g/mol. The molecule has 4 nitrogen and oxygen atoms in total. The van der Waals surface area contributed by atoms with Crippen LogP contribution < -0.4 is 11.1 Å². The van der Waals surface area contributed by atoms with Crippen molar-refractivity contribution in [3.8, 4) is 0 Å². The minimum Gasteiger partial charge on any atom is -0.408 e. The van der Waals surface area contributed by atoms with Crippen LogP contribution >= 0.6 is 0 Å². The van der Waals surface area contributed by atoms with Crippen LogP contribution in [-0.2, 0) is 5.92 Å². The van der Waals surface area contributed by atoms with E-state index in [2.05, 4.69) is 10.3 Å². The second-order valence-corrected chi connectivity index (χ2v) is 4.99. The number of alkyl halides is 2. The smallest absolute Gasteiger partial charge is 0.408 e. The number of benzene rings is 1. The van der Waals surface area contributed by atoms with Crippen molar-refractivity contribution < 1.29 is 13.2 Å². The normalized spacial score (nSPS) is 20.2. The first-order valence-corrected chi connectivity index (χ1v) is 6.26. The third-order valence-corrected chi connectivity index (χ3v) is 3.55. The molecule has 2 aromatic rings. The van der Waals surface area contributed by atoms with E-state index in [9.17, 15) is 13.6 Å². The summed E-state index contributed by atoms with van der Waals surface area (Å²) in [5, 5.41) is 3.08. The van der Waals surface area contributed by atoms with E-state index in [1.54, 1.807) is 0 Å². The van der Waals surface area contributed by atoms with E-state index < -0.39 is 11.7 Å². The molecule has 0 spiro atoms. The third kappa shape index (κ3) is 2.40. The summed E-state index contributed by atoms with van der Waals surface area (Å²) in [6.07, 6.45) is 0.605. The predicted octanol–water partition coefficient (Wildman–Crippen LogP) is 2.21. The molecule has 1 atom stereocenters. The molecule has 0 bridgehead atoms. The number of oxazole rings is 1. The minimum absolute atomic E-state index is 0.00547. The van der Waals surface area contributed by atoms with Gasteiger partial charge in [0, 0.05) is 12.0 Å². The Bertz CT molecular complexity index is 641. The third-order valence-electron chi connectivity index (χ3n) is 3.55. The van der Waals surface area contributed by atoms with Gasteiger partial charge in [-0.05, 0) is 43.6 Å². The fraction of sp³-hybridized carbons (Fsp3) is 0.462. The molecule has 1 aromatic heterocycles. The molecule has 6 heteroatoms. The highest BCUT2D eigenvalue weighted by Gasteiger charge is 2.36. The van der Waals surface area contributed by atoms with Crippen molar-refractivity contribution in [3.05, 3.63) is 34.3 Å². The molecule has 1 aromatic carbocycles. The van der Waals surface area contributed by atoms with E-state index in [1.165, 1.54) is 18.2 Å². The van der Waals surface area contributed by atoms with Crippen LogP contribution in [0.5, 0.6) is 0 Å². The zero-order valence-electron chi connectivity index (χ0n) is 10.2. The topological polar surface area (TPSA) is 58.0 Å². The van der Waals surface area contributed by atoms with E-state index >= 15 is 0 Å². The lowest BCUT2D eigenvalue weighted by Crippen LogP contribution is -2.20. The van der Waals surface area contributed by atoms with Gasteiger partial charge in [0.05, 0.1) is 5.52 Å². The molecule has 0 radical (unpaired) electrons. The number of aromatic nitrogens is 1. The van der Waals surface area contributed by atoms with Crippen LogP contribution in [0.1, 0.15) is 18.4 Å². The second-order valence-electron chi connectivity index (χ2n) is 4.99.